The average Bonchev–Trinajstić information content (AvgIpc) is 3.39. The van der Waals surface area contributed by atoms with Crippen LogP contribution in [0.2, 0.25) is 0 Å². The van der Waals surface area contributed by atoms with Crippen LogP contribution in [-0.2, 0) is 23.7 Å². The molecule has 0 aromatic heterocycles. The molecule has 6 aliphatic rings. The maximum atomic E-state index is 14.0. The molecule has 1 amide bonds. The highest BCUT2D eigenvalue weighted by Gasteiger charge is 2.89. The van der Waals surface area contributed by atoms with Crippen molar-refractivity contribution in [3.63, 3.8) is 0 Å². The number of methoxy groups -OCH3 is 3. The van der Waals surface area contributed by atoms with Crippen molar-refractivity contribution in [2.24, 2.45) is 29.1 Å². The lowest BCUT2D eigenvalue weighted by atomic mass is 9.44. The maximum absolute atomic E-state index is 14.0. The van der Waals surface area contributed by atoms with Crippen molar-refractivity contribution in [1.29, 1.82) is 0 Å². The number of likely N-dealkylation sites (tertiary alicyclic amines) is 1. The average molecular weight is 585 g/mol. The Morgan fingerprint density at radius 2 is 1.83 bits per heavy atom. The fraction of sp³-hybridized carbons (Fsp3) is 0.750. The zero-order chi connectivity index (χ0) is 29.8. The van der Waals surface area contributed by atoms with Gasteiger partial charge in [-0.25, -0.2) is 4.79 Å². The van der Waals surface area contributed by atoms with Crippen LogP contribution in [-0.4, -0.2) is 103 Å². The molecule has 7 bridgehead atoms. The molecule has 10 heteroatoms. The number of nitrogens with zero attached hydrogens (tertiary/aromatic N) is 1. The first-order valence-corrected chi connectivity index (χ1v) is 15.4. The number of hydrogen-bond donors (Lipinski definition) is 3. The summed E-state index contributed by atoms with van der Waals surface area (Å²) >= 11 is 0. The number of nitrogens with one attached hydrogen (secondary N) is 1. The normalized spacial score (nSPS) is 48.2. The van der Waals surface area contributed by atoms with E-state index in [-0.39, 0.29) is 47.8 Å². The number of rotatable bonds is 7. The quantitative estimate of drug-likeness (QED) is 0.414. The van der Waals surface area contributed by atoms with Crippen LogP contribution in [0.25, 0.3) is 0 Å². The van der Waals surface area contributed by atoms with E-state index >= 15 is 0 Å². The van der Waals surface area contributed by atoms with E-state index in [0.29, 0.717) is 56.4 Å². The Balaban J connectivity index is 1.38. The van der Waals surface area contributed by atoms with E-state index in [1.807, 2.05) is 0 Å². The predicted octanol–water partition coefficient (Wildman–Crippen LogP) is 2.22. The minimum atomic E-state index is -1.48. The van der Waals surface area contributed by atoms with Gasteiger partial charge in [-0.15, -0.1) is 0 Å². The number of amides is 1. The van der Waals surface area contributed by atoms with Gasteiger partial charge in [-0.05, 0) is 44.4 Å². The molecule has 0 radical (unpaired) electrons. The van der Waals surface area contributed by atoms with Gasteiger partial charge in [0.1, 0.15) is 16.8 Å². The highest BCUT2D eigenvalue weighted by atomic mass is 16.6. The second-order valence-corrected chi connectivity index (χ2v) is 13.7. The summed E-state index contributed by atoms with van der Waals surface area (Å²) in [5, 5.41) is 28.4. The second kappa shape index (κ2) is 9.46. The molecule has 7 rings (SSSR count). The molecular formula is C32H44N2O8. The molecule has 10 nitrogen and oxygen atoms in total. The standard InChI is InChI=1S/C32H44N2O8/c1-6-34-16-29(42-28(36)18-9-7-8-10-21(18)33-17(2)35)12-11-25(40-4)31-23(29)14-20(26(31)34)30(37)15-22(39-3)19-13-24(31)32(30,38)27(19)41-5/h7-10,19-20,22-27,37-38H,6,11-16H2,1-5H3,(H,33,35)/t19-,20+,22-,23-,24-,25-,26+,27-,29+,30-,31+,32-/m0/s1. The minimum Gasteiger partial charge on any atom is -0.454 e. The molecule has 1 heterocycles. The fourth-order valence-electron chi connectivity index (χ4n) is 11.6. The summed E-state index contributed by atoms with van der Waals surface area (Å²) in [5.41, 5.74) is -3.57. The Kier molecular flexibility index (Phi) is 6.46. The van der Waals surface area contributed by atoms with E-state index in [0.717, 1.165) is 0 Å². The molecule has 1 spiro atoms. The van der Waals surface area contributed by atoms with Crippen molar-refractivity contribution in [3.8, 4) is 0 Å². The molecule has 1 saturated heterocycles. The van der Waals surface area contributed by atoms with E-state index in [9.17, 15) is 19.8 Å². The van der Waals surface area contributed by atoms with Crippen LogP contribution in [0.1, 0.15) is 56.3 Å². The van der Waals surface area contributed by atoms with Crippen molar-refractivity contribution in [1.82, 2.24) is 4.90 Å². The zero-order valence-corrected chi connectivity index (χ0v) is 25.2. The highest BCUT2D eigenvalue weighted by Crippen LogP contribution is 2.79. The first-order valence-electron chi connectivity index (χ1n) is 15.4. The largest absolute Gasteiger partial charge is 0.454 e. The number of anilines is 1. The topological polar surface area (TPSA) is 127 Å². The Labute approximate surface area is 247 Å². The molecule has 1 aromatic rings. The number of carbonyl (C=O) groups excluding carboxylic acids is 2. The molecule has 230 valence electrons. The third-order valence-corrected chi connectivity index (χ3v) is 12.6. The van der Waals surface area contributed by atoms with Crippen molar-refractivity contribution in [3.05, 3.63) is 29.8 Å². The highest BCUT2D eigenvalue weighted by molar-refractivity contribution is 6.00. The molecule has 0 unspecified atom stereocenters. The Morgan fingerprint density at radius 1 is 1.07 bits per heavy atom. The monoisotopic (exact) mass is 584 g/mol. The SMILES string of the molecule is CCN1C[C@]2(OC(=O)c3ccccc3NC(C)=O)CC[C@H](OC)[C@@]34[C@H]1[C@@H](C[C@@H]23)[C@@]1(O)C[C@H](OC)[C@@H]2C[C@@H]4[C@]1(O)[C@H]2OC. The van der Waals surface area contributed by atoms with Gasteiger partial charge in [0.15, 0.2) is 0 Å². The first-order chi connectivity index (χ1) is 20.1. The van der Waals surface area contributed by atoms with Gasteiger partial charge in [0.05, 0.1) is 29.6 Å². The van der Waals surface area contributed by atoms with Crippen molar-refractivity contribution < 1.29 is 38.7 Å². The molecular weight excluding hydrogens is 540 g/mol. The summed E-state index contributed by atoms with van der Waals surface area (Å²) in [6, 6.07) is 6.89. The van der Waals surface area contributed by atoms with Crippen molar-refractivity contribution in [2.75, 3.05) is 39.7 Å². The van der Waals surface area contributed by atoms with Crippen LogP contribution >= 0.6 is 0 Å². The summed E-state index contributed by atoms with van der Waals surface area (Å²) in [4.78, 5) is 28.3. The number of aliphatic hydroxyl groups is 2. The van der Waals surface area contributed by atoms with Crippen LogP contribution in [0.15, 0.2) is 24.3 Å². The van der Waals surface area contributed by atoms with Crippen molar-refractivity contribution in [2.45, 2.75) is 87.1 Å². The lowest BCUT2D eigenvalue weighted by Gasteiger charge is -2.70. The number of fused-ring (bicyclic) bond motifs is 2. The van der Waals surface area contributed by atoms with Gasteiger partial charge in [0.2, 0.25) is 5.91 Å². The molecule has 42 heavy (non-hydrogen) atoms. The van der Waals surface area contributed by atoms with E-state index in [1.165, 1.54) is 6.92 Å². The number of esters is 1. The third-order valence-electron chi connectivity index (χ3n) is 12.6. The van der Waals surface area contributed by atoms with Gasteiger partial charge in [-0.2, -0.15) is 0 Å². The van der Waals surface area contributed by atoms with Gasteiger partial charge in [-0.1, -0.05) is 19.1 Å². The Bertz CT molecular complexity index is 1290. The molecule has 6 fully saturated rings. The smallest absolute Gasteiger partial charge is 0.340 e. The summed E-state index contributed by atoms with van der Waals surface area (Å²) in [7, 11) is 5.05. The number of piperidine rings is 1. The molecule has 5 saturated carbocycles. The maximum Gasteiger partial charge on any atom is 0.340 e. The number of hydrogen-bond acceptors (Lipinski definition) is 9. The number of para-hydroxylation sites is 1. The number of likely N-dealkylation sites (N-methyl/N-ethyl adjacent to an activating group) is 1. The first kappa shape index (κ1) is 28.7. The molecule has 1 aliphatic heterocycles. The van der Waals surface area contributed by atoms with Gasteiger partial charge in [0, 0.05) is 76.3 Å². The summed E-state index contributed by atoms with van der Waals surface area (Å²) in [5.74, 6) is -1.54. The Hall–Kier alpha value is -2.08. The van der Waals surface area contributed by atoms with Gasteiger partial charge < -0.3 is 34.5 Å². The van der Waals surface area contributed by atoms with E-state index in [2.05, 4.69) is 17.1 Å². The number of ether oxygens (including phenoxy) is 4. The van der Waals surface area contributed by atoms with Gasteiger partial charge >= 0.3 is 5.97 Å². The molecule has 5 aliphatic carbocycles. The van der Waals surface area contributed by atoms with E-state index < -0.39 is 34.3 Å². The predicted molar refractivity (Wildman–Crippen MR) is 152 cm³/mol. The number of benzene rings is 1. The van der Waals surface area contributed by atoms with Crippen LogP contribution in [0, 0.1) is 29.1 Å². The van der Waals surface area contributed by atoms with Gasteiger partial charge in [-0.3, -0.25) is 9.69 Å². The zero-order valence-electron chi connectivity index (χ0n) is 25.2. The van der Waals surface area contributed by atoms with E-state index in [1.54, 1.807) is 45.6 Å². The fourth-order valence-corrected chi connectivity index (χ4v) is 11.6. The van der Waals surface area contributed by atoms with Crippen LogP contribution in [0.3, 0.4) is 0 Å². The van der Waals surface area contributed by atoms with Crippen LogP contribution in [0.5, 0.6) is 0 Å². The summed E-state index contributed by atoms with van der Waals surface area (Å²) < 4.78 is 25.1. The number of carbonyl (C=O) groups is 2. The van der Waals surface area contributed by atoms with Crippen LogP contribution < -0.4 is 5.32 Å². The summed E-state index contributed by atoms with van der Waals surface area (Å²) in [6.07, 6.45) is 1.91. The Morgan fingerprint density at radius 3 is 2.50 bits per heavy atom. The molecule has 12 atom stereocenters. The van der Waals surface area contributed by atoms with E-state index in [4.69, 9.17) is 18.9 Å². The molecule has 1 aromatic carbocycles. The lowest BCUT2D eigenvalue weighted by Crippen LogP contribution is -2.83. The second-order valence-electron chi connectivity index (χ2n) is 13.7. The lowest BCUT2D eigenvalue weighted by molar-refractivity contribution is -0.337. The van der Waals surface area contributed by atoms with Gasteiger partial charge in [0.25, 0.3) is 0 Å². The third kappa shape index (κ3) is 3.21. The summed E-state index contributed by atoms with van der Waals surface area (Å²) in [6.45, 7) is 4.79. The van der Waals surface area contributed by atoms with Crippen molar-refractivity contribution >= 4 is 17.6 Å². The minimum absolute atomic E-state index is 0.0432. The van der Waals surface area contributed by atoms with Crippen LogP contribution in [0.4, 0.5) is 5.69 Å². The molecule has 3 N–H and O–H groups in total.